The molecule has 0 bridgehead atoms. The van der Waals surface area contributed by atoms with Gasteiger partial charge in [0.25, 0.3) is 0 Å². The minimum Gasteiger partial charge on any atom is -0.275 e. The summed E-state index contributed by atoms with van der Waals surface area (Å²) in [6, 6.07) is 1.98. The summed E-state index contributed by atoms with van der Waals surface area (Å²) in [6.07, 6.45) is 2.68. The minimum atomic E-state index is 0.0201. The quantitative estimate of drug-likeness (QED) is 0.613. The first-order chi connectivity index (χ1) is 7.69. The Morgan fingerprint density at radius 1 is 1.62 bits per heavy atom. The number of nitrogens with two attached hydrogens (primary N) is 1. The van der Waals surface area contributed by atoms with E-state index in [0.29, 0.717) is 0 Å². The van der Waals surface area contributed by atoms with Crippen molar-refractivity contribution >= 4 is 11.3 Å². The van der Waals surface area contributed by atoms with Crippen LogP contribution in [0.15, 0.2) is 17.6 Å². The van der Waals surface area contributed by atoms with Crippen LogP contribution in [-0.4, -0.2) is 14.8 Å². The van der Waals surface area contributed by atoms with E-state index in [4.69, 9.17) is 5.84 Å². The van der Waals surface area contributed by atoms with Crippen molar-refractivity contribution in [1.29, 1.82) is 0 Å². The predicted molar refractivity (Wildman–Crippen MR) is 63.8 cm³/mol. The average molecular weight is 237 g/mol. The molecule has 0 aromatic carbocycles. The second kappa shape index (κ2) is 4.73. The van der Waals surface area contributed by atoms with E-state index in [0.717, 1.165) is 22.8 Å². The standard InChI is InChI=1S/C10H15N5S/c1-7-6-16-10(12-7)5-9(13-11)8-3-4-15(2)14-8/h3-4,6,9,13H,5,11H2,1-2H3. The van der Waals surface area contributed by atoms with Crippen molar-refractivity contribution in [3.8, 4) is 0 Å². The van der Waals surface area contributed by atoms with E-state index < -0.39 is 0 Å². The molecule has 0 aliphatic carbocycles. The normalized spacial score (nSPS) is 12.9. The Labute approximate surface area is 98.3 Å². The summed E-state index contributed by atoms with van der Waals surface area (Å²) in [7, 11) is 1.89. The van der Waals surface area contributed by atoms with Gasteiger partial charge in [0, 0.05) is 30.7 Å². The highest BCUT2D eigenvalue weighted by Crippen LogP contribution is 2.18. The molecule has 5 nitrogen and oxygen atoms in total. The Morgan fingerprint density at radius 2 is 2.44 bits per heavy atom. The highest BCUT2D eigenvalue weighted by atomic mass is 32.1. The third-order valence-electron chi connectivity index (χ3n) is 2.34. The number of rotatable bonds is 4. The Balaban J connectivity index is 2.12. The summed E-state index contributed by atoms with van der Waals surface area (Å²) in [4.78, 5) is 4.42. The van der Waals surface area contributed by atoms with Gasteiger partial charge in [0.1, 0.15) is 0 Å². The SMILES string of the molecule is Cc1csc(CC(NN)c2ccn(C)n2)n1. The Kier molecular flexibility index (Phi) is 3.33. The van der Waals surface area contributed by atoms with Crippen LogP contribution in [0, 0.1) is 6.92 Å². The maximum absolute atomic E-state index is 5.55. The highest BCUT2D eigenvalue weighted by Gasteiger charge is 2.14. The molecule has 0 saturated heterocycles. The van der Waals surface area contributed by atoms with Gasteiger partial charge in [-0.25, -0.2) is 4.98 Å². The smallest absolute Gasteiger partial charge is 0.0948 e. The number of nitrogens with one attached hydrogen (secondary N) is 1. The highest BCUT2D eigenvalue weighted by molar-refractivity contribution is 7.09. The van der Waals surface area contributed by atoms with Crippen LogP contribution in [0.25, 0.3) is 0 Å². The lowest BCUT2D eigenvalue weighted by Crippen LogP contribution is -2.30. The molecule has 2 heterocycles. The van der Waals surface area contributed by atoms with Gasteiger partial charge in [0.05, 0.1) is 16.7 Å². The maximum atomic E-state index is 5.55. The van der Waals surface area contributed by atoms with Crippen molar-refractivity contribution < 1.29 is 0 Å². The van der Waals surface area contributed by atoms with Crippen molar-refractivity contribution in [3.05, 3.63) is 34.0 Å². The van der Waals surface area contributed by atoms with E-state index >= 15 is 0 Å². The minimum absolute atomic E-state index is 0.0201. The number of nitrogens with zero attached hydrogens (tertiary/aromatic N) is 3. The molecule has 6 heteroatoms. The van der Waals surface area contributed by atoms with Gasteiger partial charge in [-0.05, 0) is 13.0 Å². The van der Waals surface area contributed by atoms with Gasteiger partial charge in [-0.3, -0.25) is 16.0 Å². The van der Waals surface area contributed by atoms with Gasteiger partial charge in [-0.1, -0.05) is 0 Å². The number of hydrogen-bond donors (Lipinski definition) is 2. The van der Waals surface area contributed by atoms with E-state index in [1.54, 1.807) is 16.0 Å². The van der Waals surface area contributed by atoms with E-state index in [9.17, 15) is 0 Å². The molecule has 86 valence electrons. The molecule has 1 unspecified atom stereocenters. The Morgan fingerprint density at radius 3 is 2.94 bits per heavy atom. The van der Waals surface area contributed by atoms with Crippen LogP contribution in [0.3, 0.4) is 0 Å². The third-order valence-corrected chi connectivity index (χ3v) is 3.33. The summed E-state index contributed by atoms with van der Waals surface area (Å²) >= 11 is 1.65. The first-order valence-corrected chi connectivity index (χ1v) is 5.93. The molecule has 0 amide bonds. The molecule has 3 N–H and O–H groups in total. The molecule has 0 fully saturated rings. The number of thiazole rings is 1. The monoisotopic (exact) mass is 237 g/mol. The predicted octanol–water partition coefficient (Wildman–Crippen LogP) is 0.932. The van der Waals surface area contributed by atoms with Gasteiger partial charge >= 0.3 is 0 Å². The zero-order valence-electron chi connectivity index (χ0n) is 9.34. The fraction of sp³-hybridized carbons (Fsp3) is 0.400. The molecule has 0 radical (unpaired) electrons. The van der Waals surface area contributed by atoms with Crippen molar-refractivity contribution in [3.63, 3.8) is 0 Å². The topological polar surface area (TPSA) is 68.8 Å². The Hall–Kier alpha value is -1.24. The molecular weight excluding hydrogens is 222 g/mol. The van der Waals surface area contributed by atoms with Crippen molar-refractivity contribution in [2.24, 2.45) is 12.9 Å². The average Bonchev–Trinajstić information content (AvgIpc) is 2.84. The van der Waals surface area contributed by atoms with Gasteiger partial charge in [0.15, 0.2) is 0 Å². The van der Waals surface area contributed by atoms with E-state index in [-0.39, 0.29) is 6.04 Å². The molecule has 0 saturated carbocycles. The van der Waals surface area contributed by atoms with Gasteiger partial charge in [0.2, 0.25) is 0 Å². The largest absolute Gasteiger partial charge is 0.275 e. The van der Waals surface area contributed by atoms with Gasteiger partial charge in [-0.15, -0.1) is 11.3 Å². The van der Waals surface area contributed by atoms with Crippen molar-refractivity contribution in [1.82, 2.24) is 20.2 Å². The third kappa shape index (κ3) is 2.46. The van der Waals surface area contributed by atoms with Crippen LogP contribution in [-0.2, 0) is 13.5 Å². The number of aryl methyl sites for hydroxylation is 2. The number of hydrazine groups is 1. The molecule has 2 aromatic rings. The van der Waals surface area contributed by atoms with Gasteiger partial charge < -0.3 is 0 Å². The first kappa shape index (κ1) is 11.3. The van der Waals surface area contributed by atoms with E-state index in [1.807, 2.05) is 31.6 Å². The van der Waals surface area contributed by atoms with Crippen LogP contribution in [0.2, 0.25) is 0 Å². The summed E-state index contributed by atoms with van der Waals surface area (Å²) in [6.45, 7) is 1.99. The molecule has 0 aliphatic rings. The Bertz CT molecular complexity index is 461. The lowest BCUT2D eigenvalue weighted by atomic mass is 10.1. The lowest BCUT2D eigenvalue weighted by molar-refractivity contribution is 0.528. The molecule has 16 heavy (non-hydrogen) atoms. The van der Waals surface area contributed by atoms with E-state index in [2.05, 4.69) is 15.5 Å². The summed E-state index contributed by atoms with van der Waals surface area (Å²) < 4.78 is 1.77. The zero-order chi connectivity index (χ0) is 11.5. The molecule has 0 spiro atoms. The second-order valence-electron chi connectivity index (χ2n) is 3.72. The molecule has 2 rings (SSSR count). The molecule has 1 atom stereocenters. The number of aromatic nitrogens is 3. The summed E-state index contributed by atoms with van der Waals surface area (Å²) in [5, 5.41) is 7.45. The van der Waals surface area contributed by atoms with E-state index in [1.165, 1.54) is 0 Å². The zero-order valence-corrected chi connectivity index (χ0v) is 10.2. The van der Waals surface area contributed by atoms with Crippen molar-refractivity contribution in [2.45, 2.75) is 19.4 Å². The first-order valence-electron chi connectivity index (χ1n) is 5.05. The van der Waals surface area contributed by atoms with Gasteiger partial charge in [-0.2, -0.15) is 5.10 Å². The fourth-order valence-electron chi connectivity index (χ4n) is 1.54. The maximum Gasteiger partial charge on any atom is 0.0948 e. The van der Waals surface area contributed by atoms with Crippen LogP contribution in [0.1, 0.15) is 22.4 Å². The van der Waals surface area contributed by atoms with Crippen molar-refractivity contribution in [2.75, 3.05) is 0 Å². The summed E-state index contributed by atoms with van der Waals surface area (Å²) in [5.74, 6) is 5.55. The molecule has 0 aliphatic heterocycles. The van der Waals surface area contributed by atoms with Crippen LogP contribution < -0.4 is 11.3 Å². The molecule has 2 aromatic heterocycles. The van der Waals surface area contributed by atoms with Crippen LogP contribution in [0.4, 0.5) is 0 Å². The lowest BCUT2D eigenvalue weighted by Gasteiger charge is -2.11. The summed E-state index contributed by atoms with van der Waals surface area (Å²) in [5.41, 5.74) is 4.78. The fourth-order valence-corrected chi connectivity index (χ4v) is 2.36. The van der Waals surface area contributed by atoms with Crippen LogP contribution >= 0.6 is 11.3 Å². The second-order valence-corrected chi connectivity index (χ2v) is 4.66. The van der Waals surface area contributed by atoms with Crippen LogP contribution in [0.5, 0.6) is 0 Å². The molecular formula is C10H15N5S. The number of hydrogen-bond acceptors (Lipinski definition) is 5.